The van der Waals surface area contributed by atoms with Crippen LogP contribution in [0.15, 0.2) is 18.3 Å². The number of hydrogen-bond acceptors (Lipinski definition) is 2. The first-order valence-electron chi connectivity index (χ1n) is 4.95. The Labute approximate surface area is 95.1 Å². The second kappa shape index (κ2) is 5.12. The predicted molar refractivity (Wildman–Crippen MR) is 61.1 cm³/mol. The van der Waals surface area contributed by atoms with Gasteiger partial charge in [0, 0.05) is 24.3 Å². The third kappa shape index (κ3) is 2.93. The summed E-state index contributed by atoms with van der Waals surface area (Å²) in [4.78, 5) is 17.6. The number of nitrogens with zero attached hydrogens (tertiary/aromatic N) is 2. The van der Waals surface area contributed by atoms with E-state index in [4.69, 9.17) is 11.6 Å². The van der Waals surface area contributed by atoms with Gasteiger partial charge in [0.15, 0.2) is 0 Å². The van der Waals surface area contributed by atoms with E-state index in [-0.39, 0.29) is 11.9 Å². The molecular weight excluding hydrogens is 212 g/mol. The summed E-state index contributed by atoms with van der Waals surface area (Å²) in [5, 5.41) is 0.533. The van der Waals surface area contributed by atoms with Crippen LogP contribution < -0.4 is 0 Å². The van der Waals surface area contributed by atoms with E-state index < -0.39 is 0 Å². The maximum absolute atomic E-state index is 11.9. The Morgan fingerprint density at radius 2 is 2.33 bits per heavy atom. The molecule has 1 atom stereocenters. The van der Waals surface area contributed by atoms with Gasteiger partial charge in [-0.15, -0.1) is 0 Å². The van der Waals surface area contributed by atoms with Gasteiger partial charge in [-0.05, 0) is 25.5 Å². The van der Waals surface area contributed by atoms with Crippen molar-refractivity contribution in [3.05, 3.63) is 29.0 Å². The van der Waals surface area contributed by atoms with Crippen LogP contribution in [0, 0.1) is 0 Å². The average molecular weight is 227 g/mol. The lowest BCUT2D eigenvalue weighted by Crippen LogP contribution is -2.35. The van der Waals surface area contributed by atoms with Gasteiger partial charge in [0.25, 0.3) is 5.91 Å². The molecule has 0 bridgehead atoms. The van der Waals surface area contributed by atoms with Gasteiger partial charge in [-0.2, -0.15) is 0 Å². The minimum atomic E-state index is -0.0909. The van der Waals surface area contributed by atoms with Crippen molar-refractivity contribution >= 4 is 17.5 Å². The number of carbonyl (C=O) groups excluding carboxylic acids is 1. The van der Waals surface area contributed by atoms with Crippen LogP contribution in [0.5, 0.6) is 0 Å². The summed E-state index contributed by atoms with van der Waals surface area (Å²) in [6.07, 6.45) is 2.46. The molecule has 0 aliphatic rings. The summed E-state index contributed by atoms with van der Waals surface area (Å²) in [7, 11) is 1.78. The van der Waals surface area contributed by atoms with Crippen LogP contribution in [0.4, 0.5) is 0 Å². The van der Waals surface area contributed by atoms with Crippen LogP contribution in [-0.2, 0) is 0 Å². The fourth-order valence-electron chi connectivity index (χ4n) is 1.18. The lowest BCUT2D eigenvalue weighted by Gasteiger charge is -2.23. The standard InChI is InChI=1S/C11H15ClN2O/c1-4-8(2)14(3)11(15)10-7-9(12)5-6-13-10/h5-8H,4H2,1-3H3. The first-order chi connectivity index (χ1) is 7.06. The molecule has 0 aromatic carbocycles. The van der Waals surface area contributed by atoms with Crippen molar-refractivity contribution in [3.63, 3.8) is 0 Å². The second-order valence-corrected chi connectivity index (χ2v) is 3.97. The smallest absolute Gasteiger partial charge is 0.272 e. The molecule has 0 N–H and O–H groups in total. The number of halogens is 1. The highest BCUT2D eigenvalue weighted by Crippen LogP contribution is 2.11. The molecule has 1 heterocycles. The molecule has 1 aromatic rings. The Bertz CT molecular complexity index is 354. The highest BCUT2D eigenvalue weighted by molar-refractivity contribution is 6.30. The van der Waals surface area contributed by atoms with E-state index in [1.165, 1.54) is 0 Å². The highest BCUT2D eigenvalue weighted by Gasteiger charge is 2.17. The third-order valence-corrected chi connectivity index (χ3v) is 2.75. The minimum Gasteiger partial charge on any atom is -0.338 e. The molecule has 15 heavy (non-hydrogen) atoms. The molecular formula is C11H15ClN2O. The summed E-state index contributed by atoms with van der Waals surface area (Å²) in [6, 6.07) is 3.45. The first kappa shape index (κ1) is 12.0. The van der Waals surface area contributed by atoms with E-state index in [0.29, 0.717) is 10.7 Å². The quantitative estimate of drug-likeness (QED) is 0.794. The van der Waals surface area contributed by atoms with Crippen LogP contribution in [0.1, 0.15) is 30.8 Å². The number of pyridine rings is 1. The van der Waals surface area contributed by atoms with Gasteiger partial charge < -0.3 is 4.90 Å². The molecule has 3 nitrogen and oxygen atoms in total. The summed E-state index contributed by atoms with van der Waals surface area (Å²) in [6.45, 7) is 4.04. The first-order valence-corrected chi connectivity index (χ1v) is 5.32. The molecule has 0 aliphatic heterocycles. The topological polar surface area (TPSA) is 33.2 Å². The number of carbonyl (C=O) groups is 1. The summed E-state index contributed by atoms with van der Waals surface area (Å²) in [5.41, 5.74) is 0.394. The SMILES string of the molecule is CCC(C)N(C)C(=O)c1cc(Cl)ccn1. The molecule has 1 unspecified atom stereocenters. The van der Waals surface area contributed by atoms with Crippen molar-refractivity contribution in [2.45, 2.75) is 26.3 Å². The zero-order valence-electron chi connectivity index (χ0n) is 9.20. The molecule has 0 saturated heterocycles. The van der Waals surface area contributed by atoms with Crippen molar-refractivity contribution in [2.24, 2.45) is 0 Å². The molecule has 1 rings (SSSR count). The van der Waals surface area contributed by atoms with Gasteiger partial charge in [-0.1, -0.05) is 18.5 Å². The van der Waals surface area contributed by atoms with E-state index in [0.717, 1.165) is 6.42 Å². The van der Waals surface area contributed by atoms with Gasteiger partial charge in [0.1, 0.15) is 5.69 Å². The lowest BCUT2D eigenvalue weighted by atomic mass is 10.2. The number of aromatic nitrogens is 1. The van der Waals surface area contributed by atoms with Crippen molar-refractivity contribution < 1.29 is 4.79 Å². The van der Waals surface area contributed by atoms with Crippen LogP contribution in [0.2, 0.25) is 5.02 Å². The minimum absolute atomic E-state index is 0.0909. The lowest BCUT2D eigenvalue weighted by molar-refractivity contribution is 0.0734. The van der Waals surface area contributed by atoms with Gasteiger partial charge in [0.05, 0.1) is 0 Å². The van der Waals surface area contributed by atoms with Crippen molar-refractivity contribution in [1.29, 1.82) is 0 Å². The van der Waals surface area contributed by atoms with Crippen molar-refractivity contribution in [2.75, 3.05) is 7.05 Å². The molecule has 0 radical (unpaired) electrons. The number of rotatable bonds is 3. The number of hydrogen-bond donors (Lipinski definition) is 0. The molecule has 0 saturated carbocycles. The molecule has 4 heteroatoms. The van der Waals surface area contributed by atoms with E-state index in [9.17, 15) is 4.79 Å². The summed E-state index contributed by atoms with van der Waals surface area (Å²) >= 11 is 5.80. The molecule has 1 amide bonds. The van der Waals surface area contributed by atoms with Crippen LogP contribution in [0.3, 0.4) is 0 Å². The zero-order valence-corrected chi connectivity index (χ0v) is 9.95. The Balaban J connectivity index is 2.85. The molecule has 0 aliphatic carbocycles. The van der Waals surface area contributed by atoms with Crippen LogP contribution in [0.25, 0.3) is 0 Å². The Morgan fingerprint density at radius 3 is 2.87 bits per heavy atom. The summed E-state index contributed by atoms with van der Waals surface area (Å²) in [5.74, 6) is -0.0909. The fraction of sp³-hybridized carbons (Fsp3) is 0.455. The molecule has 0 spiro atoms. The maximum atomic E-state index is 11.9. The normalized spacial score (nSPS) is 12.3. The van der Waals surface area contributed by atoms with Gasteiger partial charge in [-0.25, -0.2) is 0 Å². The average Bonchev–Trinajstić information content (AvgIpc) is 2.26. The Hall–Kier alpha value is -1.09. The Kier molecular flexibility index (Phi) is 4.09. The second-order valence-electron chi connectivity index (χ2n) is 3.53. The zero-order chi connectivity index (χ0) is 11.4. The van der Waals surface area contributed by atoms with Crippen molar-refractivity contribution in [3.8, 4) is 0 Å². The fourth-order valence-corrected chi connectivity index (χ4v) is 1.34. The third-order valence-electron chi connectivity index (χ3n) is 2.51. The van der Waals surface area contributed by atoms with Gasteiger partial charge in [-0.3, -0.25) is 9.78 Å². The van der Waals surface area contributed by atoms with E-state index in [1.807, 2.05) is 13.8 Å². The van der Waals surface area contributed by atoms with E-state index in [2.05, 4.69) is 4.98 Å². The van der Waals surface area contributed by atoms with Crippen LogP contribution >= 0.6 is 11.6 Å². The van der Waals surface area contributed by atoms with Gasteiger partial charge >= 0.3 is 0 Å². The molecule has 1 aromatic heterocycles. The summed E-state index contributed by atoms with van der Waals surface area (Å²) < 4.78 is 0. The van der Waals surface area contributed by atoms with E-state index >= 15 is 0 Å². The van der Waals surface area contributed by atoms with E-state index in [1.54, 1.807) is 30.3 Å². The van der Waals surface area contributed by atoms with Crippen molar-refractivity contribution in [1.82, 2.24) is 9.88 Å². The number of amides is 1. The predicted octanol–water partition coefficient (Wildman–Crippen LogP) is 2.61. The van der Waals surface area contributed by atoms with Gasteiger partial charge in [0.2, 0.25) is 0 Å². The molecule has 0 fully saturated rings. The highest BCUT2D eigenvalue weighted by atomic mass is 35.5. The Morgan fingerprint density at radius 1 is 1.67 bits per heavy atom. The monoisotopic (exact) mass is 226 g/mol. The molecule has 82 valence electrons. The maximum Gasteiger partial charge on any atom is 0.272 e. The largest absolute Gasteiger partial charge is 0.338 e. The van der Waals surface area contributed by atoms with Crippen LogP contribution in [-0.4, -0.2) is 28.9 Å².